The Labute approximate surface area is 193 Å². The molecule has 34 heavy (non-hydrogen) atoms. The Morgan fingerprint density at radius 3 is 2.50 bits per heavy atom. The van der Waals surface area contributed by atoms with E-state index in [1.165, 1.54) is 25.3 Å². The van der Waals surface area contributed by atoms with Crippen LogP contribution in [-0.2, 0) is 10.7 Å². The van der Waals surface area contributed by atoms with Gasteiger partial charge < -0.3 is 20.8 Å². The van der Waals surface area contributed by atoms with Gasteiger partial charge in [0.1, 0.15) is 17.7 Å². The van der Waals surface area contributed by atoms with Crippen LogP contribution in [0.1, 0.15) is 50.9 Å². The maximum absolute atomic E-state index is 14.1. The number of hydrogen-bond acceptors (Lipinski definition) is 7. The molecule has 2 saturated carbocycles. The quantitative estimate of drug-likeness (QED) is 0.348. The van der Waals surface area contributed by atoms with Crippen LogP contribution in [0, 0.1) is 17.2 Å². The fraction of sp³-hybridized carbons (Fsp3) is 0.500. The van der Waals surface area contributed by atoms with E-state index in [1.54, 1.807) is 0 Å². The molecule has 1 amide bonds. The lowest BCUT2D eigenvalue weighted by Gasteiger charge is -2.34. The molecule has 8 nitrogen and oxygen atoms in total. The number of rotatable bonds is 9. The molecule has 0 bridgehead atoms. The van der Waals surface area contributed by atoms with Gasteiger partial charge in [-0.15, -0.1) is 0 Å². The van der Waals surface area contributed by atoms with E-state index in [0.29, 0.717) is 23.9 Å². The van der Waals surface area contributed by atoms with Crippen molar-refractivity contribution in [3.05, 3.63) is 29.7 Å². The van der Waals surface area contributed by atoms with E-state index in [1.807, 2.05) is 0 Å². The Morgan fingerprint density at radius 1 is 1.21 bits per heavy atom. The summed E-state index contributed by atoms with van der Waals surface area (Å²) in [6, 6.07) is 2.78. The van der Waals surface area contributed by atoms with Crippen LogP contribution in [0.5, 0.6) is 5.88 Å². The predicted octanol–water partition coefficient (Wildman–Crippen LogP) is 4.89. The van der Waals surface area contributed by atoms with Crippen LogP contribution >= 0.6 is 0 Å². The molecule has 4 rings (SSSR count). The molecule has 2 aliphatic carbocycles. The van der Waals surface area contributed by atoms with Crippen molar-refractivity contribution in [3.8, 4) is 5.88 Å². The maximum Gasteiger partial charge on any atom is 0.304 e. The molecule has 2 aromatic heterocycles. The number of nitrogens with one attached hydrogen (secondary N) is 3. The molecule has 0 unspecified atom stereocenters. The minimum absolute atomic E-state index is 0.0314. The fourth-order valence-corrected chi connectivity index (χ4v) is 3.58. The summed E-state index contributed by atoms with van der Waals surface area (Å²) < 4.78 is 59.3. The summed E-state index contributed by atoms with van der Waals surface area (Å²) in [5.74, 6) is -5.22. The minimum Gasteiger partial charge on any atom is -0.474 e. The zero-order chi connectivity index (χ0) is 24.6. The number of amides is 1. The van der Waals surface area contributed by atoms with Crippen LogP contribution in [0.15, 0.2) is 18.3 Å². The summed E-state index contributed by atoms with van der Waals surface area (Å²) in [7, 11) is 0. The van der Waals surface area contributed by atoms with Gasteiger partial charge in [0.15, 0.2) is 0 Å². The average Bonchev–Trinajstić information content (AvgIpc) is 3.54. The van der Waals surface area contributed by atoms with Crippen LogP contribution in [-0.4, -0.2) is 39.1 Å². The SMILES string of the molecule is CC(=O)Nc1cc(Nc2cc(OC3CC(C(F)F)C3)nc(C(C)(F)F)n2)c(C(=N)C2CC2)cn1. The predicted molar refractivity (Wildman–Crippen MR) is 116 cm³/mol. The van der Waals surface area contributed by atoms with E-state index in [-0.39, 0.29) is 42.2 Å². The van der Waals surface area contributed by atoms with E-state index in [9.17, 15) is 22.4 Å². The number of halogens is 4. The van der Waals surface area contributed by atoms with Crippen LogP contribution in [0.25, 0.3) is 0 Å². The number of aromatic nitrogens is 3. The first-order valence-electron chi connectivity index (χ1n) is 10.8. The molecule has 3 N–H and O–H groups in total. The fourth-order valence-electron chi connectivity index (χ4n) is 3.58. The number of anilines is 3. The van der Waals surface area contributed by atoms with Gasteiger partial charge >= 0.3 is 5.92 Å². The summed E-state index contributed by atoms with van der Waals surface area (Å²) in [5.41, 5.74) is 1.12. The Hall–Kier alpha value is -3.31. The van der Waals surface area contributed by atoms with Crippen LogP contribution in [0.4, 0.5) is 34.9 Å². The molecule has 0 aliphatic heterocycles. The second-order valence-electron chi connectivity index (χ2n) is 8.72. The van der Waals surface area contributed by atoms with Crippen molar-refractivity contribution in [1.29, 1.82) is 5.41 Å². The Balaban J connectivity index is 1.64. The standard InChI is InChI=1S/C22H24F4N6O2/c1-10(33)29-16-7-15(14(9-28-16)19(27)11-3-4-11)30-17-8-18(32-21(31-17)22(2,25)26)34-13-5-12(6-13)20(23)24/h7-9,11-13,20,27H,3-6H2,1-2H3,(H2,28,29,30,31,32,33). The van der Waals surface area contributed by atoms with Crippen molar-refractivity contribution in [1.82, 2.24) is 15.0 Å². The highest BCUT2D eigenvalue weighted by atomic mass is 19.3. The van der Waals surface area contributed by atoms with Crippen LogP contribution in [0.2, 0.25) is 0 Å². The lowest BCUT2D eigenvalue weighted by molar-refractivity contribution is -0.114. The molecule has 0 radical (unpaired) electrons. The third kappa shape index (κ3) is 5.60. The lowest BCUT2D eigenvalue weighted by atomic mass is 9.83. The molecule has 2 heterocycles. The Bertz CT molecular complexity index is 1100. The smallest absolute Gasteiger partial charge is 0.304 e. The van der Waals surface area contributed by atoms with Crippen molar-refractivity contribution in [2.45, 2.75) is 58.0 Å². The number of ether oxygens (including phenoxy) is 1. The molecular weight excluding hydrogens is 456 g/mol. The van der Waals surface area contributed by atoms with Gasteiger partial charge in [0.2, 0.25) is 24.0 Å². The zero-order valence-corrected chi connectivity index (χ0v) is 18.5. The summed E-state index contributed by atoms with van der Waals surface area (Å²) in [6.07, 6.45) is 0.370. The molecule has 12 heteroatoms. The third-order valence-electron chi connectivity index (χ3n) is 5.62. The first kappa shape index (κ1) is 23.8. The molecule has 0 aromatic carbocycles. The molecule has 2 aromatic rings. The number of carbonyl (C=O) groups is 1. The van der Waals surface area contributed by atoms with Crippen LogP contribution in [0.3, 0.4) is 0 Å². The largest absolute Gasteiger partial charge is 0.474 e. The first-order chi connectivity index (χ1) is 16.0. The van der Waals surface area contributed by atoms with E-state index in [2.05, 4.69) is 25.6 Å². The summed E-state index contributed by atoms with van der Waals surface area (Å²) in [6.45, 7) is 1.96. The van der Waals surface area contributed by atoms with E-state index >= 15 is 0 Å². The van der Waals surface area contributed by atoms with Gasteiger partial charge in [-0.05, 0) is 25.7 Å². The number of hydrogen-bond donors (Lipinski definition) is 3. The van der Waals surface area contributed by atoms with Crippen molar-refractivity contribution < 1.29 is 27.1 Å². The number of carbonyl (C=O) groups excluding carboxylic acids is 1. The monoisotopic (exact) mass is 480 g/mol. The summed E-state index contributed by atoms with van der Waals surface area (Å²) in [4.78, 5) is 23.3. The second kappa shape index (κ2) is 9.15. The first-order valence-corrected chi connectivity index (χ1v) is 10.8. The highest BCUT2D eigenvalue weighted by Gasteiger charge is 2.38. The minimum atomic E-state index is -3.38. The highest BCUT2D eigenvalue weighted by molar-refractivity contribution is 6.06. The third-order valence-corrected chi connectivity index (χ3v) is 5.62. The highest BCUT2D eigenvalue weighted by Crippen LogP contribution is 2.38. The van der Waals surface area contributed by atoms with Crippen molar-refractivity contribution in [3.63, 3.8) is 0 Å². The molecule has 0 atom stereocenters. The molecule has 2 aliphatic rings. The molecule has 0 saturated heterocycles. The van der Waals surface area contributed by atoms with Gasteiger partial charge in [0.05, 0.1) is 5.69 Å². The maximum atomic E-state index is 14.1. The van der Waals surface area contributed by atoms with Gasteiger partial charge in [-0.25, -0.2) is 18.7 Å². The molecular formula is C22H24F4N6O2. The molecule has 182 valence electrons. The van der Waals surface area contributed by atoms with Crippen molar-refractivity contribution in [2.75, 3.05) is 10.6 Å². The van der Waals surface area contributed by atoms with E-state index in [0.717, 1.165) is 12.8 Å². The normalized spacial score (nSPS) is 20.0. The number of alkyl halides is 4. The zero-order valence-electron chi connectivity index (χ0n) is 18.5. The molecule has 2 fully saturated rings. The molecule has 0 spiro atoms. The van der Waals surface area contributed by atoms with Crippen molar-refractivity contribution >= 4 is 28.9 Å². The lowest BCUT2D eigenvalue weighted by Crippen LogP contribution is -2.37. The van der Waals surface area contributed by atoms with E-state index in [4.69, 9.17) is 10.1 Å². The Kier molecular flexibility index (Phi) is 6.41. The van der Waals surface area contributed by atoms with Gasteiger partial charge in [-0.1, -0.05) is 0 Å². The topological polar surface area (TPSA) is 113 Å². The average molecular weight is 480 g/mol. The van der Waals surface area contributed by atoms with Gasteiger partial charge in [-0.3, -0.25) is 4.79 Å². The van der Waals surface area contributed by atoms with Crippen LogP contribution < -0.4 is 15.4 Å². The summed E-state index contributed by atoms with van der Waals surface area (Å²) >= 11 is 0. The number of pyridine rings is 1. The van der Waals surface area contributed by atoms with Crippen molar-refractivity contribution in [2.24, 2.45) is 11.8 Å². The van der Waals surface area contributed by atoms with Gasteiger partial charge in [-0.2, -0.15) is 13.8 Å². The second-order valence-corrected chi connectivity index (χ2v) is 8.72. The van der Waals surface area contributed by atoms with E-state index < -0.39 is 30.2 Å². The Morgan fingerprint density at radius 2 is 1.91 bits per heavy atom. The number of nitrogens with zero attached hydrogens (tertiary/aromatic N) is 3. The van der Waals surface area contributed by atoms with Gasteiger partial charge in [0, 0.05) is 55.3 Å². The summed E-state index contributed by atoms with van der Waals surface area (Å²) in [5, 5.41) is 13.9. The van der Waals surface area contributed by atoms with Gasteiger partial charge in [0.25, 0.3) is 0 Å².